The van der Waals surface area contributed by atoms with Crippen molar-refractivity contribution in [2.75, 3.05) is 6.54 Å². The summed E-state index contributed by atoms with van der Waals surface area (Å²) in [7, 11) is 0. The van der Waals surface area contributed by atoms with Gasteiger partial charge in [-0.3, -0.25) is 0 Å². The Kier molecular flexibility index (Phi) is 2.23. The lowest BCUT2D eigenvalue weighted by molar-refractivity contribution is 0.418. The minimum Gasteiger partial charge on any atom is -0.364 e. The Morgan fingerprint density at radius 2 is 2.67 bits per heavy atom. The van der Waals surface area contributed by atoms with Crippen LogP contribution in [-0.4, -0.2) is 17.7 Å². The molecule has 1 N–H and O–H groups in total. The maximum absolute atomic E-state index is 4.71. The van der Waals surface area contributed by atoms with Gasteiger partial charge in [-0.15, -0.1) is 0 Å². The number of nitrogens with zero attached hydrogens (tertiary/aromatic N) is 1. The molecule has 1 atom stereocenters. The molecule has 2 rings (SSSR count). The Morgan fingerprint density at radius 1 is 1.67 bits per heavy atom. The van der Waals surface area contributed by atoms with E-state index in [9.17, 15) is 0 Å². The van der Waals surface area contributed by atoms with Crippen LogP contribution in [0.5, 0.6) is 0 Å². The predicted molar refractivity (Wildman–Crippen MR) is 46.6 cm³/mol. The zero-order valence-corrected chi connectivity index (χ0v) is 6.86. The Hall–Kier alpha value is -1.09. The highest BCUT2D eigenvalue weighted by atomic mass is 16.5. The summed E-state index contributed by atoms with van der Waals surface area (Å²) in [5.41, 5.74) is 0.892. The molecule has 1 aliphatic heterocycles. The SMILES string of the molecule is C(=C\[C@@H]1CCCN1)/c1ccon1. The monoisotopic (exact) mass is 164 g/mol. The minimum absolute atomic E-state index is 0.529. The summed E-state index contributed by atoms with van der Waals surface area (Å²) in [5, 5.41) is 7.16. The zero-order valence-electron chi connectivity index (χ0n) is 6.86. The van der Waals surface area contributed by atoms with Gasteiger partial charge < -0.3 is 9.84 Å². The first-order valence-electron chi connectivity index (χ1n) is 4.27. The molecule has 1 aromatic rings. The van der Waals surface area contributed by atoms with Gasteiger partial charge in [-0.1, -0.05) is 11.2 Å². The van der Waals surface area contributed by atoms with Crippen LogP contribution in [0.2, 0.25) is 0 Å². The van der Waals surface area contributed by atoms with Crippen LogP contribution in [0.15, 0.2) is 22.9 Å². The molecule has 1 aliphatic rings. The van der Waals surface area contributed by atoms with E-state index in [1.807, 2.05) is 12.1 Å². The van der Waals surface area contributed by atoms with Gasteiger partial charge >= 0.3 is 0 Å². The number of hydrogen-bond acceptors (Lipinski definition) is 3. The van der Waals surface area contributed by atoms with Crippen molar-refractivity contribution in [3.05, 3.63) is 24.1 Å². The van der Waals surface area contributed by atoms with Gasteiger partial charge in [0.05, 0.1) is 0 Å². The average Bonchev–Trinajstić information content (AvgIpc) is 2.74. The van der Waals surface area contributed by atoms with Crippen LogP contribution >= 0.6 is 0 Å². The Labute approximate surface area is 71.4 Å². The van der Waals surface area contributed by atoms with Crippen molar-refractivity contribution in [3.8, 4) is 0 Å². The highest BCUT2D eigenvalue weighted by molar-refractivity contribution is 5.43. The molecule has 1 aromatic heterocycles. The summed E-state index contributed by atoms with van der Waals surface area (Å²) >= 11 is 0. The third kappa shape index (κ3) is 1.74. The molecule has 0 amide bonds. The third-order valence-electron chi connectivity index (χ3n) is 2.06. The molecule has 1 fully saturated rings. The lowest BCUT2D eigenvalue weighted by Crippen LogP contribution is -2.17. The highest BCUT2D eigenvalue weighted by Crippen LogP contribution is 2.07. The standard InChI is InChI=1S/C9H12N2O/c1-2-8(10-6-1)3-4-9-5-7-12-11-9/h3-5,7-8,10H,1-2,6H2/b4-3+/t8-/m0/s1. The molecule has 0 spiro atoms. The summed E-state index contributed by atoms with van der Waals surface area (Å²) < 4.78 is 4.71. The van der Waals surface area contributed by atoms with Crippen molar-refractivity contribution in [1.82, 2.24) is 10.5 Å². The molecular formula is C9H12N2O. The molecule has 64 valence electrons. The van der Waals surface area contributed by atoms with E-state index in [-0.39, 0.29) is 0 Å². The Bertz CT molecular complexity index is 248. The number of aromatic nitrogens is 1. The number of hydrogen-bond donors (Lipinski definition) is 1. The van der Waals surface area contributed by atoms with Crippen LogP contribution in [-0.2, 0) is 0 Å². The normalized spacial score (nSPS) is 23.8. The van der Waals surface area contributed by atoms with Gasteiger partial charge in [0, 0.05) is 12.1 Å². The Balaban J connectivity index is 1.93. The summed E-state index contributed by atoms with van der Waals surface area (Å²) in [6.07, 6.45) is 8.22. The first-order chi connectivity index (χ1) is 5.95. The van der Waals surface area contributed by atoms with Crippen molar-refractivity contribution in [2.24, 2.45) is 0 Å². The van der Waals surface area contributed by atoms with E-state index < -0.39 is 0 Å². The number of rotatable bonds is 2. The van der Waals surface area contributed by atoms with Crippen LogP contribution < -0.4 is 5.32 Å². The molecule has 3 nitrogen and oxygen atoms in total. The molecular weight excluding hydrogens is 152 g/mol. The maximum Gasteiger partial charge on any atom is 0.124 e. The molecule has 0 saturated carbocycles. The fourth-order valence-electron chi connectivity index (χ4n) is 1.40. The topological polar surface area (TPSA) is 38.1 Å². The van der Waals surface area contributed by atoms with E-state index in [2.05, 4.69) is 16.5 Å². The molecule has 0 aliphatic carbocycles. The Morgan fingerprint density at radius 3 is 3.33 bits per heavy atom. The summed E-state index contributed by atoms with van der Waals surface area (Å²) in [6, 6.07) is 2.38. The van der Waals surface area contributed by atoms with E-state index in [1.54, 1.807) is 6.26 Å². The zero-order chi connectivity index (χ0) is 8.23. The molecule has 0 radical (unpaired) electrons. The predicted octanol–water partition coefficient (Wildman–Crippen LogP) is 1.44. The van der Waals surface area contributed by atoms with Gasteiger partial charge in [-0.25, -0.2) is 0 Å². The smallest absolute Gasteiger partial charge is 0.124 e. The largest absolute Gasteiger partial charge is 0.364 e. The molecule has 0 bridgehead atoms. The summed E-state index contributed by atoms with van der Waals surface area (Å²) in [4.78, 5) is 0. The van der Waals surface area contributed by atoms with Crippen LogP contribution in [0.3, 0.4) is 0 Å². The average molecular weight is 164 g/mol. The van der Waals surface area contributed by atoms with Gasteiger partial charge in [0.15, 0.2) is 0 Å². The van der Waals surface area contributed by atoms with E-state index in [0.29, 0.717) is 6.04 Å². The van der Waals surface area contributed by atoms with E-state index in [4.69, 9.17) is 4.52 Å². The van der Waals surface area contributed by atoms with Crippen LogP contribution in [0.4, 0.5) is 0 Å². The second-order valence-electron chi connectivity index (χ2n) is 2.99. The van der Waals surface area contributed by atoms with Crippen molar-refractivity contribution in [3.63, 3.8) is 0 Å². The van der Waals surface area contributed by atoms with Gasteiger partial charge in [-0.05, 0) is 25.5 Å². The van der Waals surface area contributed by atoms with E-state index >= 15 is 0 Å². The maximum atomic E-state index is 4.71. The lowest BCUT2D eigenvalue weighted by Gasteiger charge is -2.00. The van der Waals surface area contributed by atoms with Gasteiger partial charge in [0.2, 0.25) is 0 Å². The van der Waals surface area contributed by atoms with Crippen molar-refractivity contribution >= 4 is 6.08 Å². The van der Waals surface area contributed by atoms with E-state index in [1.165, 1.54) is 12.8 Å². The lowest BCUT2D eigenvalue weighted by atomic mass is 10.2. The molecule has 1 saturated heterocycles. The van der Waals surface area contributed by atoms with Gasteiger partial charge in [0.1, 0.15) is 12.0 Å². The first-order valence-corrected chi connectivity index (χ1v) is 4.27. The fourth-order valence-corrected chi connectivity index (χ4v) is 1.40. The molecule has 12 heavy (non-hydrogen) atoms. The second kappa shape index (κ2) is 3.54. The van der Waals surface area contributed by atoms with Gasteiger partial charge in [-0.2, -0.15) is 0 Å². The molecule has 0 unspecified atom stereocenters. The second-order valence-corrected chi connectivity index (χ2v) is 2.99. The summed E-state index contributed by atoms with van der Waals surface area (Å²) in [5.74, 6) is 0. The number of nitrogens with one attached hydrogen (secondary N) is 1. The van der Waals surface area contributed by atoms with Crippen molar-refractivity contribution in [1.29, 1.82) is 0 Å². The summed E-state index contributed by atoms with van der Waals surface area (Å²) in [6.45, 7) is 1.13. The van der Waals surface area contributed by atoms with Crippen LogP contribution in [0.1, 0.15) is 18.5 Å². The molecule has 2 heterocycles. The highest BCUT2D eigenvalue weighted by Gasteiger charge is 2.09. The molecule has 0 aromatic carbocycles. The fraction of sp³-hybridized carbons (Fsp3) is 0.444. The van der Waals surface area contributed by atoms with Crippen LogP contribution in [0.25, 0.3) is 6.08 Å². The van der Waals surface area contributed by atoms with Gasteiger partial charge in [0.25, 0.3) is 0 Å². The van der Waals surface area contributed by atoms with Crippen LogP contribution in [0, 0.1) is 0 Å². The first kappa shape index (κ1) is 7.55. The third-order valence-corrected chi connectivity index (χ3v) is 2.06. The molecule has 3 heteroatoms. The minimum atomic E-state index is 0.529. The van der Waals surface area contributed by atoms with Crippen molar-refractivity contribution < 1.29 is 4.52 Å². The quantitative estimate of drug-likeness (QED) is 0.718. The van der Waals surface area contributed by atoms with Crippen molar-refractivity contribution in [2.45, 2.75) is 18.9 Å². The van der Waals surface area contributed by atoms with E-state index in [0.717, 1.165) is 12.2 Å².